The molecule has 0 aliphatic rings. The maximum Gasteiger partial charge on any atom is 0.236 e. The quantitative estimate of drug-likeness (QED) is 0.617. The monoisotopic (exact) mass is 174 g/mol. The van der Waals surface area contributed by atoms with Crippen LogP contribution in [0.5, 0.6) is 0 Å². The van der Waals surface area contributed by atoms with Crippen LogP contribution in [0.1, 0.15) is 40.0 Å². The van der Waals surface area contributed by atoms with Gasteiger partial charge in [-0.2, -0.15) is 0 Å². The summed E-state index contributed by atoms with van der Waals surface area (Å²) in [5, 5.41) is 2.53. The lowest BCUT2D eigenvalue weighted by atomic mass is 10.1. The summed E-state index contributed by atoms with van der Waals surface area (Å²) in [6, 6.07) is -0.313. The summed E-state index contributed by atoms with van der Waals surface area (Å²) in [5.74, 6) is -0.0545. The second-order valence-corrected chi connectivity index (χ2v) is 2.72. The molecule has 0 fully saturated rings. The van der Waals surface area contributed by atoms with Gasteiger partial charge in [-0.05, 0) is 6.42 Å². The van der Waals surface area contributed by atoms with Gasteiger partial charge in [0.05, 0.1) is 6.04 Å². The minimum atomic E-state index is -0.313. The molecule has 0 aromatic carbocycles. The Balaban J connectivity index is 0. The number of carbonyl (C=O) groups is 1. The molecule has 0 spiro atoms. The van der Waals surface area contributed by atoms with Crippen molar-refractivity contribution in [2.45, 2.75) is 46.1 Å². The summed E-state index contributed by atoms with van der Waals surface area (Å²) in [7, 11) is 1.61. The van der Waals surface area contributed by atoms with Crippen molar-refractivity contribution in [2.75, 3.05) is 7.05 Å². The number of carbonyl (C=O) groups excluding carboxylic acids is 1. The second kappa shape index (κ2) is 8.53. The fraction of sp³-hybridized carbons (Fsp3) is 0.889. The lowest BCUT2D eigenvalue weighted by Gasteiger charge is -2.08. The molecule has 0 saturated heterocycles. The van der Waals surface area contributed by atoms with Gasteiger partial charge >= 0.3 is 0 Å². The Labute approximate surface area is 75.7 Å². The van der Waals surface area contributed by atoms with E-state index in [1.165, 1.54) is 6.42 Å². The Hall–Kier alpha value is -0.570. The number of hydrogen-bond acceptors (Lipinski definition) is 2. The topological polar surface area (TPSA) is 55.1 Å². The summed E-state index contributed by atoms with van der Waals surface area (Å²) in [5.41, 5.74) is 5.56. The van der Waals surface area contributed by atoms with Gasteiger partial charge in [-0.15, -0.1) is 0 Å². The van der Waals surface area contributed by atoms with Crippen molar-refractivity contribution in [3.63, 3.8) is 0 Å². The van der Waals surface area contributed by atoms with Gasteiger partial charge in [-0.25, -0.2) is 0 Å². The van der Waals surface area contributed by atoms with Crippen LogP contribution in [0, 0.1) is 0 Å². The highest BCUT2D eigenvalue weighted by Crippen LogP contribution is 2.01. The minimum absolute atomic E-state index is 0. The van der Waals surface area contributed by atoms with Crippen LogP contribution in [0.2, 0.25) is 0 Å². The van der Waals surface area contributed by atoms with Crippen LogP contribution in [-0.2, 0) is 4.79 Å². The van der Waals surface area contributed by atoms with E-state index in [2.05, 4.69) is 12.2 Å². The van der Waals surface area contributed by atoms with Crippen molar-refractivity contribution < 1.29 is 4.79 Å². The van der Waals surface area contributed by atoms with E-state index in [-0.39, 0.29) is 19.4 Å². The first-order chi connectivity index (χ1) is 5.22. The number of nitrogens with two attached hydrogens (primary N) is 1. The molecule has 1 atom stereocenters. The van der Waals surface area contributed by atoms with Crippen molar-refractivity contribution in [3.8, 4) is 0 Å². The third kappa shape index (κ3) is 6.16. The van der Waals surface area contributed by atoms with Crippen molar-refractivity contribution in [2.24, 2.45) is 5.73 Å². The molecule has 0 radical (unpaired) electrons. The molecule has 0 bridgehead atoms. The van der Waals surface area contributed by atoms with Gasteiger partial charge in [-0.1, -0.05) is 33.6 Å². The SMILES string of the molecule is C.CCCCC[C@H](N)C(=O)NC. The maximum atomic E-state index is 10.9. The summed E-state index contributed by atoms with van der Waals surface area (Å²) < 4.78 is 0. The molecule has 0 heterocycles. The van der Waals surface area contributed by atoms with E-state index >= 15 is 0 Å². The van der Waals surface area contributed by atoms with Gasteiger partial charge in [0.25, 0.3) is 0 Å². The van der Waals surface area contributed by atoms with Crippen LogP contribution in [0.25, 0.3) is 0 Å². The summed E-state index contributed by atoms with van der Waals surface area (Å²) >= 11 is 0. The van der Waals surface area contributed by atoms with Crippen LogP contribution >= 0.6 is 0 Å². The fourth-order valence-corrected chi connectivity index (χ4v) is 0.931. The largest absolute Gasteiger partial charge is 0.358 e. The lowest BCUT2D eigenvalue weighted by Crippen LogP contribution is -2.38. The van der Waals surface area contributed by atoms with Gasteiger partial charge < -0.3 is 11.1 Å². The molecule has 12 heavy (non-hydrogen) atoms. The van der Waals surface area contributed by atoms with Gasteiger partial charge in [0, 0.05) is 7.05 Å². The number of unbranched alkanes of at least 4 members (excludes halogenated alkanes) is 2. The first-order valence-corrected chi connectivity index (χ1v) is 4.19. The van der Waals surface area contributed by atoms with Crippen LogP contribution in [0.3, 0.4) is 0 Å². The zero-order valence-electron chi connectivity index (χ0n) is 7.39. The zero-order chi connectivity index (χ0) is 8.69. The highest BCUT2D eigenvalue weighted by molar-refractivity contribution is 5.81. The van der Waals surface area contributed by atoms with E-state index in [0.717, 1.165) is 19.3 Å². The van der Waals surface area contributed by atoms with Crippen molar-refractivity contribution in [1.82, 2.24) is 5.32 Å². The number of rotatable bonds is 5. The maximum absolute atomic E-state index is 10.9. The van der Waals surface area contributed by atoms with Crippen molar-refractivity contribution in [3.05, 3.63) is 0 Å². The number of hydrogen-bond donors (Lipinski definition) is 2. The van der Waals surface area contributed by atoms with Crippen molar-refractivity contribution in [1.29, 1.82) is 0 Å². The molecule has 0 saturated carbocycles. The molecular weight excluding hydrogens is 152 g/mol. The number of nitrogens with one attached hydrogen (secondary N) is 1. The van der Waals surface area contributed by atoms with Crippen LogP contribution < -0.4 is 11.1 Å². The molecular formula is C9H22N2O. The smallest absolute Gasteiger partial charge is 0.236 e. The molecule has 0 unspecified atom stereocenters. The van der Waals surface area contributed by atoms with E-state index in [1.54, 1.807) is 7.05 Å². The van der Waals surface area contributed by atoms with Gasteiger partial charge in [0.1, 0.15) is 0 Å². The average Bonchev–Trinajstić information content (AvgIpc) is 2.03. The average molecular weight is 174 g/mol. The first-order valence-electron chi connectivity index (χ1n) is 4.19. The van der Waals surface area contributed by atoms with E-state index in [4.69, 9.17) is 5.73 Å². The molecule has 3 N–H and O–H groups in total. The van der Waals surface area contributed by atoms with Crippen LogP contribution in [0.4, 0.5) is 0 Å². The van der Waals surface area contributed by atoms with Crippen molar-refractivity contribution >= 4 is 5.91 Å². The number of amides is 1. The van der Waals surface area contributed by atoms with Gasteiger partial charge in [0.15, 0.2) is 0 Å². The molecule has 74 valence electrons. The zero-order valence-corrected chi connectivity index (χ0v) is 7.39. The standard InChI is InChI=1S/C8H18N2O.CH4/c1-3-4-5-6-7(9)8(11)10-2;/h7H,3-6,9H2,1-2H3,(H,10,11);1H4/t7-;/m0./s1. The summed E-state index contributed by atoms with van der Waals surface area (Å²) in [4.78, 5) is 10.9. The third-order valence-electron chi connectivity index (χ3n) is 1.70. The molecule has 0 aliphatic heterocycles. The van der Waals surface area contributed by atoms with Gasteiger partial charge in [0.2, 0.25) is 5.91 Å². The van der Waals surface area contributed by atoms with Crippen LogP contribution in [-0.4, -0.2) is 19.0 Å². The summed E-state index contributed by atoms with van der Waals surface area (Å²) in [6.07, 6.45) is 4.17. The Bertz CT molecular complexity index is 115. The Morgan fingerprint density at radius 2 is 2.08 bits per heavy atom. The van der Waals surface area contributed by atoms with E-state index < -0.39 is 0 Å². The molecule has 0 rings (SSSR count). The Morgan fingerprint density at radius 3 is 2.50 bits per heavy atom. The Kier molecular flexibility index (Phi) is 9.93. The van der Waals surface area contributed by atoms with E-state index in [0.29, 0.717) is 0 Å². The number of likely N-dealkylation sites (N-methyl/N-ethyl adjacent to an activating group) is 1. The molecule has 0 aromatic rings. The highest BCUT2D eigenvalue weighted by atomic mass is 16.2. The lowest BCUT2D eigenvalue weighted by molar-refractivity contribution is -0.122. The van der Waals surface area contributed by atoms with Crippen LogP contribution in [0.15, 0.2) is 0 Å². The molecule has 0 aliphatic carbocycles. The van der Waals surface area contributed by atoms with Gasteiger partial charge in [-0.3, -0.25) is 4.79 Å². The normalized spacial score (nSPS) is 11.6. The molecule has 3 heteroatoms. The fourth-order valence-electron chi connectivity index (χ4n) is 0.931. The first kappa shape index (κ1) is 14.0. The highest BCUT2D eigenvalue weighted by Gasteiger charge is 2.09. The molecule has 1 amide bonds. The van der Waals surface area contributed by atoms with E-state index in [1.807, 2.05) is 0 Å². The Morgan fingerprint density at radius 1 is 1.50 bits per heavy atom. The summed E-state index contributed by atoms with van der Waals surface area (Å²) in [6.45, 7) is 2.13. The second-order valence-electron chi connectivity index (χ2n) is 2.72. The molecule has 0 aromatic heterocycles. The predicted octanol–water partition coefficient (Wildman–Crippen LogP) is 1.28. The van der Waals surface area contributed by atoms with E-state index in [9.17, 15) is 4.79 Å². The minimum Gasteiger partial charge on any atom is -0.358 e. The third-order valence-corrected chi connectivity index (χ3v) is 1.70. The predicted molar refractivity (Wildman–Crippen MR) is 52.9 cm³/mol. The molecule has 3 nitrogen and oxygen atoms in total.